The molecule has 0 spiro atoms. The van der Waals surface area contributed by atoms with Gasteiger partial charge in [-0.3, -0.25) is 0 Å². The van der Waals surface area contributed by atoms with Gasteiger partial charge in [0.1, 0.15) is 0 Å². The van der Waals surface area contributed by atoms with Crippen molar-refractivity contribution >= 4 is 54.8 Å². The molecular weight excluding hydrogens is 494 g/mol. The zero-order valence-corrected chi connectivity index (χ0v) is 21.1. The second-order valence-corrected chi connectivity index (χ2v) is 11.4. The maximum absolute atomic E-state index is 12.6. The molecule has 1 aliphatic heterocycles. The molecule has 0 bridgehead atoms. The summed E-state index contributed by atoms with van der Waals surface area (Å²) < 4.78 is 29.1. The molecule has 0 atom stereocenters. The van der Waals surface area contributed by atoms with Gasteiger partial charge in [0.15, 0.2) is 5.13 Å². The molecule has 1 aliphatic rings. The number of piperidine rings is 1. The second kappa shape index (κ2) is 10.7. The first-order valence-electron chi connectivity index (χ1n) is 11.7. The highest BCUT2D eigenvalue weighted by Crippen LogP contribution is 2.25. The van der Waals surface area contributed by atoms with Crippen LogP contribution >= 0.6 is 11.3 Å². The van der Waals surface area contributed by atoms with E-state index in [0.29, 0.717) is 17.6 Å². The van der Waals surface area contributed by atoms with Crippen LogP contribution < -0.4 is 21.1 Å². The molecule has 1 fully saturated rings. The van der Waals surface area contributed by atoms with Crippen molar-refractivity contribution < 1.29 is 8.42 Å². The lowest BCUT2D eigenvalue weighted by molar-refractivity contribution is 0.427. The van der Waals surface area contributed by atoms with Crippen molar-refractivity contribution in [2.45, 2.75) is 30.3 Å². The fraction of sp³-hybridized carbons (Fsp3) is 0.240. The molecule has 9 nitrogen and oxygen atoms in total. The van der Waals surface area contributed by atoms with Crippen molar-refractivity contribution in [3.05, 3.63) is 71.5 Å². The molecule has 11 heteroatoms. The van der Waals surface area contributed by atoms with E-state index < -0.39 is 10.0 Å². The summed E-state index contributed by atoms with van der Waals surface area (Å²) in [4.78, 5) is 13.3. The first kappa shape index (κ1) is 24.3. The van der Waals surface area contributed by atoms with Crippen molar-refractivity contribution in [3.8, 4) is 0 Å². The van der Waals surface area contributed by atoms with Gasteiger partial charge in [-0.15, -0.1) is 0 Å². The summed E-state index contributed by atoms with van der Waals surface area (Å²) in [5.41, 5.74) is 9.53. The molecule has 0 saturated carbocycles. The van der Waals surface area contributed by atoms with Crippen LogP contribution in [-0.4, -0.2) is 42.5 Å². The minimum Gasteiger partial charge on any atom is -0.375 e. The van der Waals surface area contributed by atoms with Crippen LogP contribution in [0.25, 0.3) is 22.4 Å². The molecule has 5 rings (SSSR count). The smallest absolute Gasteiger partial charge is 0.240 e. The molecule has 186 valence electrons. The van der Waals surface area contributed by atoms with Gasteiger partial charge in [0.2, 0.25) is 16.0 Å². The predicted molar refractivity (Wildman–Crippen MR) is 145 cm³/mol. The highest BCUT2D eigenvalue weighted by molar-refractivity contribution is 7.89. The van der Waals surface area contributed by atoms with Gasteiger partial charge in [0.25, 0.3) is 0 Å². The van der Waals surface area contributed by atoms with Crippen LogP contribution in [-0.2, 0) is 16.6 Å². The number of fused-ring (bicyclic) bond motifs is 1. The average molecular weight is 522 g/mol. The standard InChI is InChI=1S/C25H27N7O2S2/c26-24-31-22-8-5-17(13-23(22)35-24)1-2-19-15-29-25(30-16-19)28-14-18-3-6-21(7-4-18)36(33,34)32-20-9-11-27-12-10-20/h1-8,13,15-16,20,27,32H,9-12,14H2,(H2,26,31)(H,28,29,30). The van der Waals surface area contributed by atoms with Crippen LogP contribution in [0, 0.1) is 0 Å². The molecule has 0 amide bonds. The Morgan fingerprint density at radius 1 is 1.03 bits per heavy atom. The first-order valence-corrected chi connectivity index (χ1v) is 14.0. The quantitative estimate of drug-likeness (QED) is 0.277. The molecule has 4 aromatic rings. The first-order chi connectivity index (χ1) is 17.4. The third-order valence-electron chi connectivity index (χ3n) is 5.91. The van der Waals surface area contributed by atoms with Gasteiger partial charge in [-0.1, -0.05) is 41.7 Å². The van der Waals surface area contributed by atoms with Gasteiger partial charge in [-0.25, -0.2) is 28.1 Å². The Morgan fingerprint density at radius 3 is 2.50 bits per heavy atom. The Kier molecular flexibility index (Phi) is 7.23. The van der Waals surface area contributed by atoms with Crippen LogP contribution in [0.1, 0.15) is 29.5 Å². The molecule has 36 heavy (non-hydrogen) atoms. The maximum atomic E-state index is 12.6. The lowest BCUT2D eigenvalue weighted by Crippen LogP contribution is -2.42. The monoisotopic (exact) mass is 521 g/mol. The Labute approximate surface area is 214 Å². The van der Waals surface area contributed by atoms with Crippen molar-refractivity contribution in [2.24, 2.45) is 0 Å². The van der Waals surface area contributed by atoms with Gasteiger partial charge >= 0.3 is 0 Å². The van der Waals surface area contributed by atoms with Crippen molar-refractivity contribution in [2.75, 3.05) is 24.1 Å². The summed E-state index contributed by atoms with van der Waals surface area (Å²) in [7, 11) is -3.52. The molecule has 3 heterocycles. The molecule has 0 radical (unpaired) electrons. The summed E-state index contributed by atoms with van der Waals surface area (Å²) in [6, 6.07) is 12.8. The van der Waals surface area contributed by atoms with E-state index >= 15 is 0 Å². The fourth-order valence-corrected chi connectivity index (χ4v) is 6.05. The van der Waals surface area contributed by atoms with E-state index in [-0.39, 0.29) is 10.9 Å². The van der Waals surface area contributed by atoms with Crippen molar-refractivity contribution in [1.82, 2.24) is 25.0 Å². The van der Waals surface area contributed by atoms with Gasteiger partial charge in [0.05, 0.1) is 15.1 Å². The van der Waals surface area contributed by atoms with Gasteiger partial charge in [0, 0.05) is 30.5 Å². The van der Waals surface area contributed by atoms with Crippen LogP contribution in [0.4, 0.5) is 11.1 Å². The van der Waals surface area contributed by atoms with E-state index in [1.54, 1.807) is 36.7 Å². The number of nitrogens with one attached hydrogen (secondary N) is 3. The molecule has 2 aromatic carbocycles. The number of hydrogen-bond donors (Lipinski definition) is 4. The number of rotatable bonds is 8. The van der Waals surface area contributed by atoms with Crippen LogP contribution in [0.3, 0.4) is 0 Å². The number of thiazole rings is 1. The number of benzene rings is 2. The Hall–Kier alpha value is -3.38. The molecule has 5 N–H and O–H groups in total. The zero-order chi connectivity index (χ0) is 25.0. The van der Waals surface area contributed by atoms with Crippen molar-refractivity contribution in [1.29, 1.82) is 0 Å². The molecular formula is C25H27N7O2S2. The zero-order valence-electron chi connectivity index (χ0n) is 19.5. The summed E-state index contributed by atoms with van der Waals surface area (Å²) in [5, 5.41) is 6.97. The predicted octanol–water partition coefficient (Wildman–Crippen LogP) is 3.48. The van der Waals surface area contributed by atoms with E-state index in [4.69, 9.17) is 5.73 Å². The van der Waals surface area contributed by atoms with E-state index in [0.717, 1.165) is 52.8 Å². The third-order valence-corrected chi connectivity index (χ3v) is 8.30. The van der Waals surface area contributed by atoms with Crippen molar-refractivity contribution in [3.63, 3.8) is 0 Å². The highest BCUT2D eigenvalue weighted by Gasteiger charge is 2.21. The normalized spacial score (nSPS) is 15.0. The van der Waals surface area contributed by atoms with Gasteiger partial charge in [-0.05, 0) is 61.3 Å². The average Bonchev–Trinajstić information content (AvgIpc) is 3.27. The molecule has 0 unspecified atom stereocenters. The van der Waals surface area contributed by atoms with E-state index in [1.165, 1.54) is 11.3 Å². The van der Waals surface area contributed by atoms with Crippen LogP contribution in [0.15, 0.2) is 59.8 Å². The minimum atomic E-state index is -3.52. The number of anilines is 2. The number of sulfonamides is 1. The molecule has 0 aliphatic carbocycles. The summed E-state index contributed by atoms with van der Waals surface area (Å²) in [6.45, 7) is 2.14. The maximum Gasteiger partial charge on any atom is 0.240 e. The van der Waals surface area contributed by atoms with Crippen LogP contribution in [0.5, 0.6) is 0 Å². The molecule has 1 saturated heterocycles. The lowest BCUT2D eigenvalue weighted by atomic mass is 10.1. The second-order valence-electron chi connectivity index (χ2n) is 8.60. The summed E-state index contributed by atoms with van der Waals surface area (Å²) in [5.74, 6) is 0.498. The van der Waals surface area contributed by atoms with Gasteiger partial charge in [-0.2, -0.15) is 0 Å². The number of hydrogen-bond acceptors (Lipinski definition) is 9. The van der Waals surface area contributed by atoms with Crippen LogP contribution in [0.2, 0.25) is 0 Å². The summed E-state index contributed by atoms with van der Waals surface area (Å²) >= 11 is 1.47. The van der Waals surface area contributed by atoms with E-state index in [2.05, 4.69) is 36.4 Å². The Morgan fingerprint density at radius 2 is 1.75 bits per heavy atom. The minimum absolute atomic E-state index is 0.0195. The Balaban J connectivity index is 1.15. The fourth-order valence-electron chi connectivity index (χ4n) is 3.97. The lowest BCUT2D eigenvalue weighted by Gasteiger charge is -2.23. The third kappa shape index (κ3) is 6.05. The van der Waals surface area contributed by atoms with Gasteiger partial charge < -0.3 is 16.4 Å². The van der Waals surface area contributed by atoms with E-state index in [9.17, 15) is 8.42 Å². The number of nitrogens with two attached hydrogens (primary N) is 1. The topological polar surface area (TPSA) is 135 Å². The molecule has 2 aromatic heterocycles. The Bertz CT molecular complexity index is 1460. The number of aromatic nitrogens is 3. The number of nitrogen functional groups attached to an aromatic ring is 1. The highest BCUT2D eigenvalue weighted by atomic mass is 32.2. The largest absolute Gasteiger partial charge is 0.375 e. The summed E-state index contributed by atoms with van der Waals surface area (Å²) in [6.07, 6.45) is 9.04. The number of nitrogens with zero attached hydrogens (tertiary/aromatic N) is 3. The SMILES string of the molecule is Nc1nc2ccc(C=Cc3cnc(NCc4ccc(S(=O)(=O)NC5CCNCC5)cc4)nc3)cc2s1. The van der Waals surface area contributed by atoms with E-state index in [1.807, 2.05) is 24.3 Å².